The van der Waals surface area contributed by atoms with Gasteiger partial charge in [0.2, 0.25) is 5.91 Å². The second kappa shape index (κ2) is 11.7. The smallest absolute Gasteiger partial charge is 0.223 e. The number of ether oxygens (including phenoxy) is 2. The van der Waals surface area contributed by atoms with Crippen LogP contribution in [-0.4, -0.2) is 35.7 Å². The van der Waals surface area contributed by atoms with E-state index >= 15 is 0 Å². The summed E-state index contributed by atoms with van der Waals surface area (Å²) in [4.78, 5) is 16.6. The highest BCUT2D eigenvalue weighted by Gasteiger charge is 2.28. The van der Waals surface area contributed by atoms with Crippen LogP contribution in [0, 0.1) is 5.92 Å². The molecule has 176 valence electrons. The Kier molecular flexibility index (Phi) is 8.23. The summed E-state index contributed by atoms with van der Waals surface area (Å²) >= 11 is 0. The van der Waals surface area contributed by atoms with E-state index < -0.39 is 0 Å². The summed E-state index contributed by atoms with van der Waals surface area (Å²) in [6, 6.07) is 16.1. The summed E-state index contributed by atoms with van der Waals surface area (Å²) in [5.74, 6) is 3.26. The molecule has 1 N–H and O–H groups in total. The van der Waals surface area contributed by atoms with Crippen molar-refractivity contribution in [1.29, 1.82) is 0 Å². The van der Waals surface area contributed by atoms with Crippen molar-refractivity contribution in [3.8, 4) is 11.5 Å². The van der Waals surface area contributed by atoms with E-state index in [4.69, 9.17) is 14.5 Å². The van der Waals surface area contributed by atoms with Crippen molar-refractivity contribution in [2.24, 2.45) is 5.92 Å². The summed E-state index contributed by atoms with van der Waals surface area (Å²) in [6.07, 6.45) is 8.28. The number of fused-ring (bicyclic) bond motifs is 1. The zero-order chi connectivity index (χ0) is 22.9. The molecule has 1 aliphatic carbocycles. The van der Waals surface area contributed by atoms with Gasteiger partial charge < -0.3 is 19.4 Å². The van der Waals surface area contributed by atoms with Gasteiger partial charge in [-0.15, -0.1) is 0 Å². The number of nitrogens with one attached hydrogen (secondary N) is 1. The summed E-state index contributed by atoms with van der Waals surface area (Å²) < 4.78 is 13.6. The maximum atomic E-state index is 11.7. The van der Waals surface area contributed by atoms with Gasteiger partial charge in [-0.05, 0) is 62.8 Å². The Labute approximate surface area is 196 Å². The standard InChI is InChI=1S/C27H35N3O3/c1-32-24-13-6-7-14-25(24)33-20-10-9-19-30-23-12-5-4-11-22(23)29-26(30)15-3-2-8-18-28-27(31)21-16-17-21/h4-7,11-14,21H,2-3,8-10,15-20H2,1H3,(H,28,31). The van der Waals surface area contributed by atoms with Gasteiger partial charge in [-0.25, -0.2) is 4.98 Å². The number of hydrogen-bond donors (Lipinski definition) is 1. The molecule has 1 amide bonds. The number of nitrogens with zero attached hydrogens (tertiary/aromatic N) is 2. The van der Waals surface area contributed by atoms with Gasteiger partial charge in [-0.1, -0.05) is 30.7 Å². The molecular weight excluding hydrogens is 414 g/mol. The van der Waals surface area contributed by atoms with Gasteiger partial charge in [0.1, 0.15) is 5.82 Å². The molecule has 0 saturated heterocycles. The van der Waals surface area contributed by atoms with Crippen molar-refractivity contribution >= 4 is 16.9 Å². The van der Waals surface area contributed by atoms with Crippen LogP contribution in [0.5, 0.6) is 11.5 Å². The van der Waals surface area contributed by atoms with Gasteiger partial charge in [0.15, 0.2) is 11.5 Å². The van der Waals surface area contributed by atoms with E-state index in [-0.39, 0.29) is 5.91 Å². The van der Waals surface area contributed by atoms with Crippen molar-refractivity contribution in [1.82, 2.24) is 14.9 Å². The number of carbonyl (C=O) groups excluding carboxylic acids is 1. The van der Waals surface area contributed by atoms with Crippen LogP contribution in [0.25, 0.3) is 11.0 Å². The molecule has 1 aromatic heterocycles. The van der Waals surface area contributed by atoms with Gasteiger partial charge in [-0.3, -0.25) is 4.79 Å². The number of aromatic nitrogens is 2. The molecule has 2 aromatic carbocycles. The summed E-state index contributed by atoms with van der Waals surface area (Å²) in [5.41, 5.74) is 2.27. The Morgan fingerprint density at radius 3 is 2.61 bits per heavy atom. The molecule has 1 aliphatic rings. The van der Waals surface area contributed by atoms with Crippen LogP contribution < -0.4 is 14.8 Å². The van der Waals surface area contributed by atoms with Crippen molar-refractivity contribution < 1.29 is 14.3 Å². The third-order valence-electron chi connectivity index (χ3n) is 6.16. The molecule has 6 nitrogen and oxygen atoms in total. The van der Waals surface area contributed by atoms with Gasteiger partial charge in [0.25, 0.3) is 0 Å². The zero-order valence-corrected chi connectivity index (χ0v) is 19.6. The third kappa shape index (κ3) is 6.50. The second-order valence-electron chi connectivity index (χ2n) is 8.75. The lowest BCUT2D eigenvalue weighted by Gasteiger charge is -2.12. The molecule has 4 rings (SSSR count). The first-order valence-corrected chi connectivity index (χ1v) is 12.2. The predicted octanol–water partition coefficient (Wildman–Crippen LogP) is 5.14. The Bertz CT molecular complexity index is 1040. The van der Waals surface area contributed by atoms with E-state index in [1.165, 1.54) is 5.52 Å². The lowest BCUT2D eigenvalue weighted by atomic mass is 10.2. The molecule has 0 aliphatic heterocycles. The maximum Gasteiger partial charge on any atom is 0.223 e. The number of amides is 1. The van der Waals surface area contributed by atoms with Gasteiger partial charge in [0.05, 0.1) is 24.8 Å². The van der Waals surface area contributed by atoms with E-state index in [0.717, 1.165) is 87.3 Å². The number of rotatable bonds is 14. The van der Waals surface area contributed by atoms with E-state index in [9.17, 15) is 4.79 Å². The van der Waals surface area contributed by atoms with E-state index in [2.05, 4.69) is 28.1 Å². The van der Waals surface area contributed by atoms with Gasteiger partial charge in [0, 0.05) is 25.4 Å². The number of carbonyl (C=O) groups is 1. The van der Waals surface area contributed by atoms with Crippen LogP contribution in [0.15, 0.2) is 48.5 Å². The molecular formula is C27H35N3O3. The normalized spacial score (nSPS) is 13.2. The van der Waals surface area contributed by atoms with Crippen LogP contribution in [-0.2, 0) is 17.8 Å². The number of aryl methyl sites for hydroxylation is 2. The number of unbranched alkanes of at least 4 members (excludes halogenated alkanes) is 3. The molecule has 1 saturated carbocycles. The van der Waals surface area contributed by atoms with Crippen molar-refractivity contribution in [3.05, 3.63) is 54.4 Å². The van der Waals surface area contributed by atoms with Crippen molar-refractivity contribution in [2.45, 2.75) is 57.9 Å². The van der Waals surface area contributed by atoms with Crippen LogP contribution in [0.1, 0.15) is 50.8 Å². The predicted molar refractivity (Wildman–Crippen MR) is 131 cm³/mol. The third-order valence-corrected chi connectivity index (χ3v) is 6.16. The van der Waals surface area contributed by atoms with E-state index in [1.54, 1.807) is 7.11 Å². The van der Waals surface area contributed by atoms with Crippen LogP contribution in [0.3, 0.4) is 0 Å². The van der Waals surface area contributed by atoms with E-state index in [1.807, 2.05) is 30.3 Å². The number of imidazole rings is 1. The quantitative estimate of drug-likeness (QED) is 0.346. The lowest BCUT2D eigenvalue weighted by Crippen LogP contribution is -2.25. The first kappa shape index (κ1) is 23.1. The Morgan fingerprint density at radius 1 is 1.00 bits per heavy atom. The maximum absolute atomic E-state index is 11.7. The van der Waals surface area contributed by atoms with Crippen LogP contribution >= 0.6 is 0 Å². The average molecular weight is 450 g/mol. The van der Waals surface area contributed by atoms with Crippen molar-refractivity contribution in [2.75, 3.05) is 20.3 Å². The van der Waals surface area contributed by atoms with Crippen LogP contribution in [0.2, 0.25) is 0 Å². The summed E-state index contributed by atoms with van der Waals surface area (Å²) in [7, 11) is 1.66. The molecule has 0 bridgehead atoms. The average Bonchev–Trinajstić information content (AvgIpc) is 3.64. The molecule has 0 spiro atoms. The highest BCUT2D eigenvalue weighted by Crippen LogP contribution is 2.28. The van der Waals surface area contributed by atoms with E-state index in [0.29, 0.717) is 12.5 Å². The van der Waals surface area contributed by atoms with Gasteiger partial charge in [-0.2, -0.15) is 0 Å². The largest absolute Gasteiger partial charge is 0.493 e. The first-order valence-electron chi connectivity index (χ1n) is 12.2. The molecule has 1 fully saturated rings. The molecule has 33 heavy (non-hydrogen) atoms. The lowest BCUT2D eigenvalue weighted by molar-refractivity contribution is -0.122. The molecule has 0 atom stereocenters. The fraction of sp³-hybridized carbons (Fsp3) is 0.481. The molecule has 1 heterocycles. The monoisotopic (exact) mass is 449 g/mol. The number of hydrogen-bond acceptors (Lipinski definition) is 4. The molecule has 0 radical (unpaired) electrons. The number of benzene rings is 2. The summed E-state index contributed by atoms with van der Waals surface area (Å²) in [5, 5.41) is 3.06. The first-order chi connectivity index (χ1) is 16.3. The Morgan fingerprint density at radius 2 is 1.79 bits per heavy atom. The summed E-state index contributed by atoms with van der Waals surface area (Å²) in [6.45, 7) is 2.38. The molecule has 0 unspecified atom stereocenters. The SMILES string of the molecule is COc1ccccc1OCCCCn1c(CCCCCNC(=O)C2CC2)nc2ccccc21. The number of methoxy groups -OCH3 is 1. The number of para-hydroxylation sites is 4. The Hall–Kier alpha value is -3.02. The highest BCUT2D eigenvalue weighted by atomic mass is 16.5. The topological polar surface area (TPSA) is 65.4 Å². The minimum absolute atomic E-state index is 0.242. The second-order valence-corrected chi connectivity index (χ2v) is 8.75. The minimum atomic E-state index is 0.242. The fourth-order valence-electron chi connectivity index (χ4n) is 4.14. The molecule has 3 aromatic rings. The Balaban J connectivity index is 1.23. The minimum Gasteiger partial charge on any atom is -0.493 e. The molecule has 6 heteroatoms. The fourth-order valence-corrected chi connectivity index (χ4v) is 4.14. The van der Waals surface area contributed by atoms with Crippen molar-refractivity contribution in [3.63, 3.8) is 0 Å². The van der Waals surface area contributed by atoms with Gasteiger partial charge >= 0.3 is 0 Å². The zero-order valence-electron chi connectivity index (χ0n) is 19.6. The van der Waals surface area contributed by atoms with Crippen LogP contribution in [0.4, 0.5) is 0 Å². The highest BCUT2D eigenvalue weighted by molar-refractivity contribution is 5.80.